The molecule has 2 N–H and O–H groups in total. The summed E-state index contributed by atoms with van der Waals surface area (Å²) in [4.78, 5) is 0. The van der Waals surface area contributed by atoms with E-state index in [0.717, 1.165) is 12.7 Å². The van der Waals surface area contributed by atoms with Crippen molar-refractivity contribution in [1.29, 1.82) is 0 Å². The van der Waals surface area contributed by atoms with Crippen LogP contribution < -0.4 is 0 Å². The van der Waals surface area contributed by atoms with Crippen LogP contribution in [0.25, 0.3) is 0 Å². The highest BCUT2D eigenvalue weighted by atomic mass is 29.3. The Labute approximate surface area is 93.7 Å². The SMILES string of the molecule is C[Si]1(C)CCC(C(O)C=CO)O[Si]1(C)C. The zero-order chi connectivity index (χ0) is 11.7. The Morgan fingerprint density at radius 3 is 2.40 bits per heavy atom. The summed E-state index contributed by atoms with van der Waals surface area (Å²) in [6, 6.07) is 1.22. The Morgan fingerprint density at radius 2 is 1.93 bits per heavy atom. The van der Waals surface area contributed by atoms with Gasteiger partial charge in [-0.2, -0.15) is 0 Å². The maximum Gasteiger partial charge on any atom is 0.174 e. The highest BCUT2D eigenvalue weighted by molar-refractivity contribution is 7.38. The van der Waals surface area contributed by atoms with E-state index in [-0.39, 0.29) is 6.10 Å². The first-order valence-electron chi connectivity index (χ1n) is 5.47. The summed E-state index contributed by atoms with van der Waals surface area (Å²) < 4.78 is 6.09. The fraction of sp³-hybridized carbons (Fsp3) is 0.800. The molecule has 1 rings (SSSR count). The normalized spacial score (nSPS) is 31.7. The van der Waals surface area contributed by atoms with Gasteiger partial charge < -0.3 is 14.6 Å². The van der Waals surface area contributed by atoms with Crippen molar-refractivity contribution in [3.8, 4) is 0 Å². The summed E-state index contributed by atoms with van der Waals surface area (Å²) in [7, 11) is -2.82. The van der Waals surface area contributed by atoms with E-state index >= 15 is 0 Å². The van der Waals surface area contributed by atoms with Crippen molar-refractivity contribution >= 4 is 15.4 Å². The molecule has 0 amide bonds. The van der Waals surface area contributed by atoms with Crippen LogP contribution in [0, 0.1) is 0 Å². The lowest BCUT2D eigenvalue weighted by molar-refractivity contribution is 0.0562. The smallest absolute Gasteiger partial charge is 0.174 e. The van der Waals surface area contributed by atoms with Crippen LogP contribution in [0.5, 0.6) is 0 Å². The van der Waals surface area contributed by atoms with Gasteiger partial charge in [0.2, 0.25) is 0 Å². The average Bonchev–Trinajstić information content (AvgIpc) is 2.10. The van der Waals surface area contributed by atoms with E-state index in [1.54, 1.807) is 0 Å². The second kappa shape index (κ2) is 4.41. The topological polar surface area (TPSA) is 49.7 Å². The minimum absolute atomic E-state index is 0.115. The number of aliphatic hydroxyl groups excluding tert-OH is 2. The zero-order valence-electron chi connectivity index (χ0n) is 10.0. The van der Waals surface area contributed by atoms with Gasteiger partial charge in [-0.1, -0.05) is 19.1 Å². The molecule has 1 heterocycles. The van der Waals surface area contributed by atoms with Gasteiger partial charge in [0.25, 0.3) is 0 Å². The Hall–Kier alpha value is -0.106. The maximum absolute atomic E-state index is 9.74. The molecule has 1 saturated heterocycles. The van der Waals surface area contributed by atoms with E-state index in [2.05, 4.69) is 26.2 Å². The van der Waals surface area contributed by atoms with Crippen molar-refractivity contribution < 1.29 is 14.6 Å². The molecule has 2 atom stereocenters. The maximum atomic E-state index is 9.74. The number of hydrogen-bond acceptors (Lipinski definition) is 3. The molecule has 0 aromatic carbocycles. The molecule has 5 heteroatoms. The van der Waals surface area contributed by atoms with Gasteiger partial charge in [-0.25, -0.2) is 0 Å². The van der Waals surface area contributed by atoms with Crippen LogP contribution in [-0.4, -0.2) is 37.8 Å². The molecular formula is C10H22O3Si2. The van der Waals surface area contributed by atoms with E-state index in [4.69, 9.17) is 9.53 Å². The summed E-state index contributed by atoms with van der Waals surface area (Å²) in [5.74, 6) is 0. The summed E-state index contributed by atoms with van der Waals surface area (Å²) >= 11 is 0. The standard InChI is InChI=1S/C10H22O3Si2/c1-14(2)8-6-10(9(12)5-7-11)13-15(14,3)4/h5,7,9-12H,6,8H2,1-4H3. The summed E-state index contributed by atoms with van der Waals surface area (Å²) in [5.41, 5.74) is 0. The number of aliphatic hydroxyl groups is 2. The molecule has 1 aliphatic heterocycles. The van der Waals surface area contributed by atoms with Crippen LogP contribution in [0.2, 0.25) is 32.2 Å². The summed E-state index contributed by atoms with van der Waals surface area (Å²) in [6.07, 6.45) is 2.44. The van der Waals surface area contributed by atoms with E-state index in [1.807, 2.05) is 0 Å². The fourth-order valence-electron chi connectivity index (χ4n) is 1.85. The lowest BCUT2D eigenvalue weighted by Gasteiger charge is -2.46. The molecule has 0 aromatic heterocycles. The van der Waals surface area contributed by atoms with Crippen LogP contribution in [0.1, 0.15) is 6.42 Å². The second-order valence-corrected chi connectivity index (χ2v) is 20.6. The van der Waals surface area contributed by atoms with Gasteiger partial charge in [-0.15, -0.1) is 0 Å². The zero-order valence-corrected chi connectivity index (χ0v) is 12.0. The van der Waals surface area contributed by atoms with E-state index in [0.29, 0.717) is 0 Å². The Bertz CT molecular complexity index is 251. The third kappa shape index (κ3) is 2.72. The molecule has 1 aliphatic rings. The third-order valence-electron chi connectivity index (χ3n) is 3.79. The van der Waals surface area contributed by atoms with Gasteiger partial charge in [0, 0.05) is 0 Å². The van der Waals surface area contributed by atoms with Gasteiger partial charge in [-0.05, 0) is 25.6 Å². The third-order valence-corrected chi connectivity index (χ3v) is 20.4. The molecule has 0 saturated carbocycles. The van der Waals surface area contributed by atoms with Crippen molar-refractivity contribution in [3.05, 3.63) is 12.3 Å². The van der Waals surface area contributed by atoms with Crippen LogP contribution in [0.15, 0.2) is 12.3 Å². The largest absolute Gasteiger partial charge is 0.516 e. The molecule has 1 fully saturated rings. The van der Waals surface area contributed by atoms with Gasteiger partial charge in [0.15, 0.2) is 7.83 Å². The van der Waals surface area contributed by atoms with Gasteiger partial charge in [-0.3, -0.25) is 0 Å². The molecule has 15 heavy (non-hydrogen) atoms. The monoisotopic (exact) mass is 246 g/mol. The molecule has 3 nitrogen and oxygen atoms in total. The lowest BCUT2D eigenvalue weighted by Crippen LogP contribution is -2.63. The fourth-order valence-corrected chi connectivity index (χ4v) is 8.45. The van der Waals surface area contributed by atoms with Gasteiger partial charge in [0.1, 0.15) is 6.10 Å². The van der Waals surface area contributed by atoms with Crippen molar-refractivity contribution in [1.82, 2.24) is 0 Å². The van der Waals surface area contributed by atoms with E-state index in [9.17, 15) is 5.11 Å². The van der Waals surface area contributed by atoms with Crippen molar-refractivity contribution in [3.63, 3.8) is 0 Å². The molecule has 88 valence electrons. The average molecular weight is 246 g/mol. The summed E-state index contributed by atoms with van der Waals surface area (Å²) in [5, 5.41) is 18.4. The van der Waals surface area contributed by atoms with E-state index < -0.39 is 21.5 Å². The predicted octanol–water partition coefficient (Wildman–Crippen LogP) is 2.20. The first-order chi connectivity index (χ1) is 6.80. The van der Waals surface area contributed by atoms with Crippen LogP contribution in [-0.2, 0) is 4.43 Å². The molecular weight excluding hydrogens is 224 g/mol. The first kappa shape index (κ1) is 13.0. The Morgan fingerprint density at radius 1 is 1.33 bits per heavy atom. The number of hydrogen-bond donors (Lipinski definition) is 2. The van der Waals surface area contributed by atoms with Crippen molar-refractivity contribution in [2.75, 3.05) is 0 Å². The summed E-state index contributed by atoms with van der Waals surface area (Å²) in [6.45, 7) is 9.26. The Kier molecular flexibility index (Phi) is 3.81. The van der Waals surface area contributed by atoms with Crippen LogP contribution in [0.4, 0.5) is 0 Å². The first-order valence-corrected chi connectivity index (χ1v) is 12.6. The second-order valence-electron chi connectivity index (χ2n) is 5.42. The lowest BCUT2D eigenvalue weighted by atomic mass is 10.1. The molecule has 0 bridgehead atoms. The molecule has 0 aromatic rings. The van der Waals surface area contributed by atoms with Crippen LogP contribution >= 0.6 is 0 Å². The van der Waals surface area contributed by atoms with Gasteiger partial charge in [0.05, 0.1) is 20.0 Å². The molecule has 0 spiro atoms. The van der Waals surface area contributed by atoms with Crippen molar-refractivity contribution in [2.24, 2.45) is 0 Å². The highest BCUT2D eigenvalue weighted by Crippen LogP contribution is 2.34. The minimum atomic E-state index is -1.61. The predicted molar refractivity (Wildman–Crippen MR) is 67.0 cm³/mol. The molecule has 2 unspecified atom stereocenters. The van der Waals surface area contributed by atoms with E-state index in [1.165, 1.54) is 12.1 Å². The van der Waals surface area contributed by atoms with Gasteiger partial charge >= 0.3 is 0 Å². The van der Waals surface area contributed by atoms with Crippen molar-refractivity contribution in [2.45, 2.75) is 50.9 Å². The molecule has 0 aliphatic carbocycles. The molecule has 0 radical (unpaired) electrons. The highest BCUT2D eigenvalue weighted by Gasteiger charge is 2.48. The minimum Gasteiger partial charge on any atom is -0.516 e. The van der Waals surface area contributed by atoms with Crippen LogP contribution in [0.3, 0.4) is 0 Å². The number of rotatable bonds is 2. The quantitative estimate of drug-likeness (QED) is 0.580. The Balaban J connectivity index is 2.70.